The standard InChI is InChI=1S/C13H20N4O/c1-3-9-10-11(17(2)16-9)14-8-13(12(18)15-10)6-4-5-7-13/h14H,3-8H2,1-2H3,(H,15,18). The molecule has 1 aromatic heterocycles. The lowest BCUT2D eigenvalue weighted by molar-refractivity contribution is -0.124. The van der Waals surface area contributed by atoms with Crippen LogP contribution in [-0.2, 0) is 18.3 Å². The normalized spacial score (nSPS) is 21.3. The number of carbonyl (C=O) groups is 1. The maximum absolute atomic E-state index is 12.5. The summed E-state index contributed by atoms with van der Waals surface area (Å²) >= 11 is 0. The summed E-state index contributed by atoms with van der Waals surface area (Å²) in [5, 5.41) is 11.0. The monoisotopic (exact) mass is 248 g/mol. The second-order valence-electron chi connectivity index (χ2n) is 5.44. The van der Waals surface area contributed by atoms with Gasteiger partial charge in [0.2, 0.25) is 5.91 Å². The first kappa shape index (κ1) is 11.6. The number of nitrogens with one attached hydrogen (secondary N) is 2. The smallest absolute Gasteiger partial charge is 0.232 e. The van der Waals surface area contributed by atoms with Gasteiger partial charge >= 0.3 is 0 Å². The van der Waals surface area contributed by atoms with Crippen LogP contribution in [0.4, 0.5) is 11.5 Å². The SMILES string of the molecule is CCc1nn(C)c2c1NC(=O)C1(CCCC1)CN2. The molecule has 5 nitrogen and oxygen atoms in total. The lowest BCUT2D eigenvalue weighted by Gasteiger charge is -2.25. The molecule has 3 rings (SSSR count). The van der Waals surface area contributed by atoms with E-state index in [-0.39, 0.29) is 11.3 Å². The predicted octanol–water partition coefficient (Wildman–Crippen LogP) is 1.91. The number of nitrogens with zero attached hydrogens (tertiary/aromatic N) is 2. The second-order valence-corrected chi connectivity index (χ2v) is 5.44. The summed E-state index contributed by atoms with van der Waals surface area (Å²) in [4.78, 5) is 12.5. The van der Waals surface area contributed by atoms with Gasteiger partial charge in [-0.15, -0.1) is 0 Å². The number of rotatable bonds is 1. The van der Waals surface area contributed by atoms with E-state index >= 15 is 0 Å². The fourth-order valence-electron chi connectivity index (χ4n) is 3.20. The fourth-order valence-corrected chi connectivity index (χ4v) is 3.20. The molecule has 5 heteroatoms. The molecular weight excluding hydrogens is 228 g/mol. The highest BCUT2D eigenvalue weighted by Gasteiger charge is 2.43. The molecule has 1 amide bonds. The molecule has 0 bridgehead atoms. The van der Waals surface area contributed by atoms with Crippen molar-refractivity contribution in [3.63, 3.8) is 0 Å². The van der Waals surface area contributed by atoms with Crippen molar-refractivity contribution in [3.05, 3.63) is 5.69 Å². The Kier molecular flexibility index (Phi) is 2.57. The summed E-state index contributed by atoms with van der Waals surface area (Å²) < 4.78 is 1.84. The number of aromatic nitrogens is 2. The van der Waals surface area contributed by atoms with Crippen LogP contribution in [0.25, 0.3) is 0 Å². The number of hydrogen-bond acceptors (Lipinski definition) is 3. The Morgan fingerprint density at radius 2 is 2.11 bits per heavy atom. The van der Waals surface area contributed by atoms with Crippen molar-refractivity contribution in [1.29, 1.82) is 0 Å². The topological polar surface area (TPSA) is 59.0 Å². The minimum absolute atomic E-state index is 0.175. The van der Waals surface area contributed by atoms with Crippen molar-refractivity contribution >= 4 is 17.4 Å². The van der Waals surface area contributed by atoms with E-state index in [1.807, 2.05) is 11.7 Å². The first-order chi connectivity index (χ1) is 8.66. The van der Waals surface area contributed by atoms with Crippen molar-refractivity contribution in [2.24, 2.45) is 12.5 Å². The Morgan fingerprint density at radius 1 is 1.39 bits per heavy atom. The van der Waals surface area contributed by atoms with Gasteiger partial charge in [0, 0.05) is 13.6 Å². The van der Waals surface area contributed by atoms with Gasteiger partial charge in [0.25, 0.3) is 0 Å². The zero-order valence-corrected chi connectivity index (χ0v) is 11.0. The molecule has 2 aliphatic rings. The summed E-state index contributed by atoms with van der Waals surface area (Å²) in [6.07, 6.45) is 5.14. The molecule has 2 N–H and O–H groups in total. The zero-order valence-electron chi connectivity index (χ0n) is 11.0. The minimum atomic E-state index is -0.204. The van der Waals surface area contributed by atoms with E-state index in [4.69, 9.17) is 0 Å². The summed E-state index contributed by atoms with van der Waals surface area (Å²) in [5.74, 6) is 1.12. The van der Waals surface area contributed by atoms with Crippen LogP contribution in [0.2, 0.25) is 0 Å². The fraction of sp³-hybridized carbons (Fsp3) is 0.692. The molecule has 1 aliphatic carbocycles. The largest absolute Gasteiger partial charge is 0.367 e. The molecule has 1 spiro atoms. The van der Waals surface area contributed by atoms with Gasteiger partial charge in [-0.1, -0.05) is 19.8 Å². The quantitative estimate of drug-likeness (QED) is 0.798. The molecule has 1 aromatic rings. The molecule has 1 aliphatic heterocycles. The van der Waals surface area contributed by atoms with Crippen molar-refractivity contribution < 1.29 is 4.79 Å². The van der Waals surface area contributed by atoms with E-state index in [2.05, 4.69) is 22.7 Å². The molecule has 0 saturated heterocycles. The second kappa shape index (κ2) is 4.00. The van der Waals surface area contributed by atoms with Crippen molar-refractivity contribution in [2.75, 3.05) is 17.2 Å². The molecule has 1 fully saturated rings. The third-order valence-corrected chi connectivity index (χ3v) is 4.33. The lowest BCUT2D eigenvalue weighted by atomic mass is 9.85. The van der Waals surface area contributed by atoms with Gasteiger partial charge in [-0.25, -0.2) is 0 Å². The Hall–Kier alpha value is -1.52. The highest BCUT2D eigenvalue weighted by Crippen LogP contribution is 2.42. The van der Waals surface area contributed by atoms with Crippen LogP contribution in [0.1, 0.15) is 38.3 Å². The van der Waals surface area contributed by atoms with Crippen LogP contribution in [0.5, 0.6) is 0 Å². The van der Waals surface area contributed by atoms with E-state index in [1.165, 1.54) is 0 Å². The summed E-state index contributed by atoms with van der Waals surface area (Å²) in [6, 6.07) is 0. The first-order valence-corrected chi connectivity index (χ1v) is 6.77. The van der Waals surface area contributed by atoms with Gasteiger partial charge in [-0.3, -0.25) is 9.48 Å². The van der Waals surface area contributed by atoms with Crippen molar-refractivity contribution in [1.82, 2.24) is 9.78 Å². The van der Waals surface area contributed by atoms with Gasteiger partial charge in [-0.05, 0) is 19.3 Å². The zero-order chi connectivity index (χ0) is 12.8. The van der Waals surface area contributed by atoms with Gasteiger partial charge in [0.1, 0.15) is 11.5 Å². The highest BCUT2D eigenvalue weighted by atomic mass is 16.2. The van der Waals surface area contributed by atoms with Crippen LogP contribution in [0, 0.1) is 5.41 Å². The van der Waals surface area contributed by atoms with Gasteiger partial charge in [0.15, 0.2) is 0 Å². The number of anilines is 2. The van der Waals surface area contributed by atoms with Crippen LogP contribution < -0.4 is 10.6 Å². The Morgan fingerprint density at radius 3 is 2.78 bits per heavy atom. The van der Waals surface area contributed by atoms with E-state index < -0.39 is 0 Å². The average Bonchev–Trinajstić information content (AvgIpc) is 2.90. The Bertz CT molecular complexity index is 485. The van der Waals surface area contributed by atoms with Crippen LogP contribution in [0.3, 0.4) is 0 Å². The van der Waals surface area contributed by atoms with E-state index in [1.54, 1.807) is 0 Å². The van der Waals surface area contributed by atoms with Crippen LogP contribution >= 0.6 is 0 Å². The molecule has 18 heavy (non-hydrogen) atoms. The molecule has 0 unspecified atom stereocenters. The summed E-state index contributed by atoms with van der Waals surface area (Å²) in [5.41, 5.74) is 1.64. The predicted molar refractivity (Wildman–Crippen MR) is 70.6 cm³/mol. The van der Waals surface area contributed by atoms with Gasteiger partial charge in [-0.2, -0.15) is 5.10 Å². The third-order valence-electron chi connectivity index (χ3n) is 4.33. The molecule has 0 aromatic carbocycles. The minimum Gasteiger partial charge on any atom is -0.367 e. The molecule has 2 heterocycles. The van der Waals surface area contributed by atoms with Crippen LogP contribution in [-0.4, -0.2) is 22.2 Å². The number of carbonyl (C=O) groups excluding carboxylic acids is 1. The number of amides is 1. The maximum atomic E-state index is 12.5. The third kappa shape index (κ3) is 1.53. The van der Waals surface area contributed by atoms with E-state index in [0.717, 1.165) is 55.8 Å². The number of aryl methyl sites for hydroxylation is 2. The molecule has 0 radical (unpaired) electrons. The lowest BCUT2D eigenvalue weighted by Crippen LogP contribution is -2.37. The molecule has 0 atom stereocenters. The number of hydrogen-bond donors (Lipinski definition) is 2. The maximum Gasteiger partial charge on any atom is 0.232 e. The molecule has 98 valence electrons. The number of fused-ring (bicyclic) bond motifs is 1. The van der Waals surface area contributed by atoms with Crippen LogP contribution in [0.15, 0.2) is 0 Å². The highest BCUT2D eigenvalue weighted by molar-refractivity contribution is 6.00. The molecule has 1 saturated carbocycles. The molecular formula is C13H20N4O. The Balaban J connectivity index is 1.99. The van der Waals surface area contributed by atoms with Gasteiger partial charge < -0.3 is 10.6 Å². The summed E-state index contributed by atoms with van der Waals surface area (Å²) in [7, 11) is 1.92. The Labute approximate surface area is 107 Å². The van der Waals surface area contributed by atoms with Gasteiger partial charge in [0.05, 0.1) is 11.1 Å². The van der Waals surface area contributed by atoms with E-state index in [9.17, 15) is 4.79 Å². The first-order valence-electron chi connectivity index (χ1n) is 6.77. The van der Waals surface area contributed by atoms with E-state index in [0.29, 0.717) is 0 Å². The van der Waals surface area contributed by atoms with Crippen molar-refractivity contribution in [2.45, 2.75) is 39.0 Å². The summed E-state index contributed by atoms with van der Waals surface area (Å²) in [6.45, 7) is 2.79. The average molecular weight is 248 g/mol. The van der Waals surface area contributed by atoms with Crippen molar-refractivity contribution in [3.8, 4) is 0 Å².